The van der Waals surface area contributed by atoms with Gasteiger partial charge >= 0.3 is 0 Å². The monoisotopic (exact) mass is 198 g/mol. The van der Waals surface area contributed by atoms with Gasteiger partial charge in [0.25, 0.3) is 0 Å². The lowest BCUT2D eigenvalue weighted by molar-refractivity contribution is 0.278. The van der Waals surface area contributed by atoms with Gasteiger partial charge in [0.2, 0.25) is 0 Å². The molecule has 0 spiro atoms. The molecule has 6 heavy (non-hydrogen) atoms. The Morgan fingerprint density at radius 1 is 1.83 bits per heavy atom. The second kappa shape index (κ2) is 1.66. The van der Waals surface area contributed by atoms with Gasteiger partial charge in [0.1, 0.15) is 0 Å². The first-order valence-corrected chi connectivity index (χ1v) is 3.34. The van der Waals surface area contributed by atoms with E-state index in [1.807, 2.05) is 0 Å². The van der Waals surface area contributed by atoms with Crippen molar-refractivity contribution in [2.24, 2.45) is 5.92 Å². The van der Waals surface area contributed by atoms with Crippen LogP contribution in [0.3, 0.4) is 0 Å². The van der Waals surface area contributed by atoms with Crippen molar-refractivity contribution in [2.45, 2.75) is 10.3 Å². The molecule has 0 aromatic rings. The van der Waals surface area contributed by atoms with E-state index in [0.29, 0.717) is 12.5 Å². The first-order valence-electron chi connectivity index (χ1n) is 2.09. The Balaban J connectivity index is 2.09. The van der Waals surface area contributed by atoms with Crippen LogP contribution < -0.4 is 0 Å². The molecule has 1 aliphatic carbocycles. The number of alkyl halides is 1. The number of hydrogen-bond donors (Lipinski definition) is 1. The first-order chi connectivity index (χ1) is 2.84. The van der Waals surface area contributed by atoms with E-state index < -0.39 is 0 Å². The molecule has 1 N–H and O–H groups in total. The van der Waals surface area contributed by atoms with E-state index in [-0.39, 0.29) is 0 Å². The number of aliphatic hydroxyl groups is 1. The number of hydrogen-bond acceptors (Lipinski definition) is 1. The highest BCUT2D eigenvalue weighted by Crippen LogP contribution is 2.37. The summed E-state index contributed by atoms with van der Waals surface area (Å²) in [7, 11) is 0. The van der Waals surface area contributed by atoms with Gasteiger partial charge in [0, 0.05) is 10.5 Å². The van der Waals surface area contributed by atoms with Gasteiger partial charge in [-0.15, -0.1) is 0 Å². The van der Waals surface area contributed by atoms with Crippen LogP contribution in [0.1, 0.15) is 6.42 Å². The first kappa shape index (κ1) is 4.84. The number of aliphatic hydroxyl groups excluding tert-OH is 1. The van der Waals surface area contributed by atoms with Crippen LogP contribution in [0, 0.1) is 5.92 Å². The molecule has 1 saturated carbocycles. The Labute approximate surface area is 50.9 Å². The summed E-state index contributed by atoms with van der Waals surface area (Å²) in [5, 5.41) is 8.37. The summed E-state index contributed by atoms with van der Waals surface area (Å²) in [6.07, 6.45) is 1.23. The van der Waals surface area contributed by atoms with E-state index in [1.165, 1.54) is 6.42 Å². The number of halogens is 1. The predicted molar refractivity (Wildman–Crippen MR) is 33.0 cm³/mol. The Morgan fingerprint density at radius 2 is 2.33 bits per heavy atom. The van der Waals surface area contributed by atoms with E-state index in [0.717, 1.165) is 3.92 Å². The minimum atomic E-state index is 0.396. The van der Waals surface area contributed by atoms with Crippen molar-refractivity contribution >= 4 is 22.6 Å². The molecule has 1 nitrogen and oxygen atoms in total. The molecule has 0 bridgehead atoms. The van der Waals surface area contributed by atoms with Gasteiger partial charge in [0.05, 0.1) is 0 Å². The minimum Gasteiger partial charge on any atom is -0.396 e. The average Bonchev–Trinajstić information content (AvgIpc) is 2.19. The molecule has 1 fully saturated rings. The van der Waals surface area contributed by atoms with Crippen molar-refractivity contribution in [1.29, 1.82) is 0 Å². The summed E-state index contributed by atoms with van der Waals surface area (Å²) < 4.78 is 0.785. The lowest BCUT2D eigenvalue weighted by atomic mass is 10.5. The molecule has 2 heteroatoms. The maximum absolute atomic E-state index is 8.37. The van der Waals surface area contributed by atoms with Crippen LogP contribution in [0.15, 0.2) is 0 Å². The summed E-state index contributed by atoms with van der Waals surface area (Å²) in [6.45, 7) is 0.396. The molecule has 0 amide bonds. The highest BCUT2D eigenvalue weighted by Gasteiger charge is 2.33. The summed E-state index contributed by atoms with van der Waals surface area (Å²) in [4.78, 5) is 0. The van der Waals surface area contributed by atoms with Crippen LogP contribution in [0.5, 0.6) is 0 Å². The molecule has 0 aliphatic heterocycles. The fraction of sp³-hybridized carbons (Fsp3) is 1.00. The second-order valence-electron chi connectivity index (χ2n) is 1.69. The van der Waals surface area contributed by atoms with Crippen molar-refractivity contribution < 1.29 is 5.11 Å². The van der Waals surface area contributed by atoms with Crippen molar-refractivity contribution in [3.05, 3.63) is 0 Å². The van der Waals surface area contributed by atoms with E-state index in [1.54, 1.807) is 0 Å². The Kier molecular flexibility index (Phi) is 1.34. The van der Waals surface area contributed by atoms with Gasteiger partial charge in [-0.1, -0.05) is 22.6 Å². The van der Waals surface area contributed by atoms with Crippen molar-refractivity contribution in [3.8, 4) is 0 Å². The lowest BCUT2D eigenvalue weighted by Crippen LogP contribution is -1.84. The molecule has 1 aliphatic rings. The molecular weight excluding hydrogens is 191 g/mol. The van der Waals surface area contributed by atoms with Gasteiger partial charge in [-0.05, 0) is 12.3 Å². The molecule has 0 aromatic heterocycles. The molecule has 1 unspecified atom stereocenters. The quantitative estimate of drug-likeness (QED) is 0.488. The molecule has 0 radical (unpaired) electrons. The van der Waals surface area contributed by atoms with Crippen LogP contribution in [-0.2, 0) is 0 Å². The topological polar surface area (TPSA) is 20.2 Å². The standard InChI is InChI=1S/C4H7IO/c5-4-1-3(4)2-6/h3-4,6H,1-2H2/t3-,4?/m1/s1. The maximum Gasteiger partial charge on any atom is 0.0469 e. The number of rotatable bonds is 1. The minimum absolute atomic E-state index is 0.396. The zero-order valence-electron chi connectivity index (χ0n) is 3.39. The third-order valence-electron chi connectivity index (χ3n) is 1.07. The maximum atomic E-state index is 8.37. The zero-order valence-corrected chi connectivity index (χ0v) is 5.55. The van der Waals surface area contributed by atoms with Crippen LogP contribution in [0.2, 0.25) is 0 Å². The van der Waals surface area contributed by atoms with Gasteiger partial charge in [0.15, 0.2) is 0 Å². The van der Waals surface area contributed by atoms with Crippen molar-refractivity contribution in [2.75, 3.05) is 6.61 Å². The van der Waals surface area contributed by atoms with Gasteiger partial charge < -0.3 is 5.11 Å². The van der Waals surface area contributed by atoms with Crippen LogP contribution >= 0.6 is 22.6 Å². The molecule has 0 saturated heterocycles. The highest BCUT2D eigenvalue weighted by atomic mass is 127. The average molecular weight is 198 g/mol. The third-order valence-corrected chi connectivity index (χ3v) is 2.60. The fourth-order valence-electron chi connectivity index (χ4n) is 0.400. The molecule has 0 aromatic carbocycles. The Hall–Kier alpha value is 0.690. The van der Waals surface area contributed by atoms with Crippen LogP contribution in [-0.4, -0.2) is 15.6 Å². The second-order valence-corrected chi connectivity index (χ2v) is 3.29. The zero-order chi connectivity index (χ0) is 4.57. The lowest BCUT2D eigenvalue weighted by Gasteiger charge is -1.78. The largest absolute Gasteiger partial charge is 0.396 e. The smallest absolute Gasteiger partial charge is 0.0469 e. The van der Waals surface area contributed by atoms with Crippen LogP contribution in [0.25, 0.3) is 0 Å². The van der Waals surface area contributed by atoms with Crippen LogP contribution in [0.4, 0.5) is 0 Å². The Morgan fingerprint density at radius 3 is 2.33 bits per heavy atom. The van der Waals surface area contributed by atoms with Crippen molar-refractivity contribution in [1.82, 2.24) is 0 Å². The summed E-state index contributed by atoms with van der Waals surface area (Å²) >= 11 is 2.36. The van der Waals surface area contributed by atoms with Gasteiger partial charge in [-0.3, -0.25) is 0 Å². The highest BCUT2D eigenvalue weighted by molar-refractivity contribution is 14.1. The normalized spacial score (nSPS) is 43.0. The van der Waals surface area contributed by atoms with E-state index in [9.17, 15) is 0 Å². The molecule has 36 valence electrons. The fourth-order valence-corrected chi connectivity index (χ4v) is 1.28. The summed E-state index contributed by atoms with van der Waals surface area (Å²) in [6, 6.07) is 0. The van der Waals surface area contributed by atoms with E-state index in [2.05, 4.69) is 22.6 Å². The van der Waals surface area contributed by atoms with Gasteiger partial charge in [-0.25, -0.2) is 0 Å². The van der Waals surface area contributed by atoms with Gasteiger partial charge in [-0.2, -0.15) is 0 Å². The summed E-state index contributed by atoms with van der Waals surface area (Å²) in [5.41, 5.74) is 0. The van der Waals surface area contributed by atoms with Crippen molar-refractivity contribution in [3.63, 3.8) is 0 Å². The molecule has 2 atom stereocenters. The SMILES string of the molecule is OC[C@H]1CC1I. The Bertz CT molecular complexity index is 53.5. The molecule has 0 heterocycles. The van der Waals surface area contributed by atoms with E-state index in [4.69, 9.17) is 5.11 Å². The third kappa shape index (κ3) is 0.846. The van der Waals surface area contributed by atoms with E-state index >= 15 is 0 Å². The molecular formula is C4H7IO. The molecule has 1 rings (SSSR count). The summed E-state index contributed by atoms with van der Waals surface area (Å²) in [5.74, 6) is 0.644. The predicted octanol–water partition coefficient (Wildman–Crippen LogP) is 0.802.